The third kappa shape index (κ3) is 73.5. The first-order valence-corrected chi connectivity index (χ1v) is 37.0. The predicted octanol–water partition coefficient (Wildman–Crippen LogP) is 28.2. The molecule has 0 radical (unpaired) electrons. The van der Waals surface area contributed by atoms with Crippen LogP contribution in [0.2, 0.25) is 0 Å². The summed E-state index contributed by atoms with van der Waals surface area (Å²) in [5, 5.41) is 8.69. The normalized spacial score (nSPS) is 11.7. The molecule has 0 aromatic rings. The number of carbonyl (C=O) groups is 1. The zero-order valence-corrected chi connectivity index (χ0v) is 53.3. The van der Waals surface area contributed by atoms with E-state index in [1.54, 1.807) is 0 Å². The standard InChI is InChI=1S/C74H148O2/c1-2-3-4-5-6-7-8-9-10-11-12-13-14-15-16-17-18-19-20-21-22-23-24-25-26-27-28-29-30-31-32-33-34-35-36-37-38-39-40-41-42-43-44-45-46-47-48-49-50-51-52-53-54-55-56-57-58-59-60-61-62-63-64-65-66-67-68-69-70-71-72-73-74(75)76/h2-73H2,1H3,(H,75,76). The summed E-state index contributed by atoms with van der Waals surface area (Å²) in [7, 11) is 0. The van der Waals surface area contributed by atoms with Gasteiger partial charge in [0.2, 0.25) is 0 Å². The summed E-state index contributed by atoms with van der Waals surface area (Å²) in [6, 6.07) is 0. The predicted molar refractivity (Wildman–Crippen MR) is 346 cm³/mol. The van der Waals surface area contributed by atoms with Gasteiger partial charge in [-0.1, -0.05) is 456 Å². The Morgan fingerprint density at radius 2 is 0.237 bits per heavy atom. The van der Waals surface area contributed by atoms with E-state index in [0.29, 0.717) is 6.42 Å². The van der Waals surface area contributed by atoms with Gasteiger partial charge in [-0.3, -0.25) is 4.79 Å². The number of carboxylic acid groups (broad SMARTS) is 1. The summed E-state index contributed by atoms with van der Waals surface area (Å²) in [6.45, 7) is 2.31. The molecule has 0 heterocycles. The highest BCUT2D eigenvalue weighted by Gasteiger charge is 2.02. The van der Waals surface area contributed by atoms with E-state index in [2.05, 4.69) is 6.92 Å². The van der Waals surface area contributed by atoms with Crippen LogP contribution in [-0.2, 0) is 4.79 Å². The van der Waals surface area contributed by atoms with Crippen LogP contribution in [0, 0.1) is 0 Å². The summed E-state index contributed by atoms with van der Waals surface area (Å²) in [4.78, 5) is 10.5. The number of aliphatic carboxylic acids is 1. The summed E-state index contributed by atoms with van der Waals surface area (Å²) < 4.78 is 0. The van der Waals surface area contributed by atoms with E-state index in [1.807, 2.05) is 0 Å². The molecule has 0 bridgehead atoms. The van der Waals surface area contributed by atoms with Crippen molar-refractivity contribution in [2.45, 2.75) is 469 Å². The third-order valence-corrected chi connectivity index (χ3v) is 18.0. The van der Waals surface area contributed by atoms with Crippen molar-refractivity contribution in [3.8, 4) is 0 Å². The Labute approximate surface area is 482 Å². The molecular weight excluding hydrogens is 921 g/mol. The van der Waals surface area contributed by atoms with Crippen LogP contribution in [0.3, 0.4) is 0 Å². The highest BCUT2D eigenvalue weighted by atomic mass is 16.4. The minimum Gasteiger partial charge on any atom is -0.481 e. The Hall–Kier alpha value is -0.530. The zero-order valence-electron chi connectivity index (χ0n) is 53.3. The molecule has 0 spiro atoms. The topological polar surface area (TPSA) is 37.3 Å². The van der Waals surface area contributed by atoms with Gasteiger partial charge in [-0.2, -0.15) is 0 Å². The Bertz CT molecular complexity index is 990. The SMILES string of the molecule is CCCCCCCCCCCCCCCCCCCCCCCCCCCCCCCCCCCCCCCCCCCCCCCCCCCCCCCCCCCCCCCCCCCCCCCCCC(=O)O. The van der Waals surface area contributed by atoms with E-state index in [9.17, 15) is 4.79 Å². The molecule has 456 valence electrons. The van der Waals surface area contributed by atoms with E-state index < -0.39 is 5.97 Å². The molecule has 0 aliphatic carbocycles. The molecule has 0 rings (SSSR count). The molecule has 2 heteroatoms. The maximum atomic E-state index is 10.5. The first kappa shape index (κ1) is 75.5. The van der Waals surface area contributed by atoms with Crippen molar-refractivity contribution in [1.82, 2.24) is 0 Å². The van der Waals surface area contributed by atoms with Crippen LogP contribution in [0.5, 0.6) is 0 Å². The zero-order chi connectivity index (χ0) is 54.5. The Morgan fingerprint density at radius 3 is 0.316 bits per heavy atom. The van der Waals surface area contributed by atoms with Crippen molar-refractivity contribution >= 4 is 5.97 Å². The van der Waals surface area contributed by atoms with Gasteiger partial charge in [0.05, 0.1) is 0 Å². The van der Waals surface area contributed by atoms with Crippen LogP contribution in [0.1, 0.15) is 469 Å². The first-order valence-electron chi connectivity index (χ1n) is 37.0. The fourth-order valence-electron chi connectivity index (χ4n) is 12.5. The van der Waals surface area contributed by atoms with Crippen molar-refractivity contribution in [2.24, 2.45) is 0 Å². The summed E-state index contributed by atoms with van der Waals surface area (Å²) in [5.41, 5.74) is 0. The van der Waals surface area contributed by atoms with Gasteiger partial charge in [-0.05, 0) is 6.42 Å². The maximum absolute atomic E-state index is 10.5. The lowest BCUT2D eigenvalue weighted by molar-refractivity contribution is -0.137. The monoisotopic (exact) mass is 1070 g/mol. The maximum Gasteiger partial charge on any atom is 0.303 e. The second-order valence-electron chi connectivity index (χ2n) is 25.9. The lowest BCUT2D eigenvalue weighted by Gasteiger charge is -2.05. The van der Waals surface area contributed by atoms with Gasteiger partial charge in [0.15, 0.2) is 0 Å². The lowest BCUT2D eigenvalue weighted by Crippen LogP contribution is -1.93. The molecule has 2 nitrogen and oxygen atoms in total. The number of carboxylic acids is 1. The molecule has 76 heavy (non-hydrogen) atoms. The number of hydrogen-bond donors (Lipinski definition) is 1. The first-order chi connectivity index (χ1) is 37.8. The molecule has 0 saturated carbocycles. The van der Waals surface area contributed by atoms with Crippen LogP contribution in [0.25, 0.3) is 0 Å². The molecule has 1 N–H and O–H groups in total. The van der Waals surface area contributed by atoms with Crippen molar-refractivity contribution in [3.05, 3.63) is 0 Å². The second-order valence-corrected chi connectivity index (χ2v) is 25.9. The van der Waals surface area contributed by atoms with Gasteiger partial charge >= 0.3 is 5.97 Å². The van der Waals surface area contributed by atoms with Crippen molar-refractivity contribution in [3.63, 3.8) is 0 Å². The molecule has 0 aliphatic rings. The average Bonchev–Trinajstić information content (AvgIpc) is 3.42. The Balaban J connectivity index is 3.08. The molecule has 0 saturated heterocycles. The summed E-state index contributed by atoms with van der Waals surface area (Å²) in [6.07, 6.45) is 104. The van der Waals surface area contributed by atoms with Gasteiger partial charge in [0, 0.05) is 6.42 Å². The van der Waals surface area contributed by atoms with Crippen molar-refractivity contribution < 1.29 is 9.90 Å². The van der Waals surface area contributed by atoms with Crippen LogP contribution in [0.15, 0.2) is 0 Å². The number of rotatable bonds is 72. The molecule has 0 aliphatic heterocycles. The van der Waals surface area contributed by atoms with Crippen LogP contribution >= 0.6 is 0 Å². The van der Waals surface area contributed by atoms with Crippen molar-refractivity contribution in [2.75, 3.05) is 0 Å². The lowest BCUT2D eigenvalue weighted by atomic mass is 10.0. The molecule has 0 unspecified atom stereocenters. The fraction of sp³-hybridized carbons (Fsp3) is 0.986. The summed E-state index contributed by atoms with van der Waals surface area (Å²) in [5.74, 6) is -0.645. The molecule has 0 amide bonds. The Kier molecular flexibility index (Phi) is 72.0. The van der Waals surface area contributed by atoms with E-state index in [0.717, 1.165) is 12.8 Å². The van der Waals surface area contributed by atoms with E-state index in [4.69, 9.17) is 5.11 Å². The minimum absolute atomic E-state index is 0.347. The largest absolute Gasteiger partial charge is 0.481 e. The highest BCUT2D eigenvalue weighted by molar-refractivity contribution is 5.66. The smallest absolute Gasteiger partial charge is 0.303 e. The molecule has 0 atom stereocenters. The molecular formula is C74H148O2. The van der Waals surface area contributed by atoms with E-state index in [1.165, 1.54) is 443 Å². The van der Waals surface area contributed by atoms with E-state index in [-0.39, 0.29) is 0 Å². The third-order valence-electron chi connectivity index (χ3n) is 18.0. The molecule has 0 aromatic carbocycles. The van der Waals surface area contributed by atoms with Gasteiger partial charge in [0.1, 0.15) is 0 Å². The summed E-state index contributed by atoms with van der Waals surface area (Å²) >= 11 is 0. The minimum atomic E-state index is -0.645. The highest BCUT2D eigenvalue weighted by Crippen LogP contribution is 2.21. The van der Waals surface area contributed by atoms with Crippen LogP contribution in [-0.4, -0.2) is 11.1 Å². The van der Waals surface area contributed by atoms with Gasteiger partial charge in [-0.25, -0.2) is 0 Å². The molecule has 0 fully saturated rings. The number of unbranched alkanes of at least 4 members (excludes halogenated alkanes) is 70. The number of hydrogen-bond acceptors (Lipinski definition) is 1. The van der Waals surface area contributed by atoms with E-state index >= 15 is 0 Å². The van der Waals surface area contributed by atoms with Gasteiger partial charge < -0.3 is 5.11 Å². The van der Waals surface area contributed by atoms with Crippen LogP contribution < -0.4 is 0 Å². The average molecular weight is 1070 g/mol. The molecule has 0 aromatic heterocycles. The van der Waals surface area contributed by atoms with Gasteiger partial charge in [0.25, 0.3) is 0 Å². The Morgan fingerprint density at radius 1 is 0.158 bits per heavy atom. The quantitative estimate of drug-likeness (QED) is 0.0617. The fourth-order valence-corrected chi connectivity index (χ4v) is 12.5. The van der Waals surface area contributed by atoms with Gasteiger partial charge in [-0.15, -0.1) is 0 Å². The second kappa shape index (κ2) is 72.5. The van der Waals surface area contributed by atoms with Crippen molar-refractivity contribution in [1.29, 1.82) is 0 Å². The van der Waals surface area contributed by atoms with Crippen LogP contribution in [0.4, 0.5) is 0 Å².